The van der Waals surface area contributed by atoms with Crippen molar-refractivity contribution in [2.24, 2.45) is 0 Å². The fourth-order valence-electron chi connectivity index (χ4n) is 3.32. The highest BCUT2D eigenvalue weighted by Crippen LogP contribution is 2.40. The van der Waals surface area contributed by atoms with Gasteiger partial charge in [-0.25, -0.2) is 0 Å². The van der Waals surface area contributed by atoms with Gasteiger partial charge in [0.1, 0.15) is 5.75 Å². The second-order valence-corrected chi connectivity index (χ2v) is 5.12. The summed E-state index contributed by atoms with van der Waals surface area (Å²) in [6.45, 7) is 0. The normalized spacial score (nSPS) is 35.9. The van der Waals surface area contributed by atoms with Gasteiger partial charge in [0, 0.05) is 18.0 Å². The minimum atomic E-state index is -0.287. The molecule has 2 fully saturated rings. The molecule has 1 aromatic carbocycles. The van der Waals surface area contributed by atoms with E-state index in [0.717, 1.165) is 24.2 Å². The van der Waals surface area contributed by atoms with Crippen molar-refractivity contribution in [2.45, 2.75) is 43.4 Å². The van der Waals surface area contributed by atoms with Crippen LogP contribution in [0.25, 0.3) is 0 Å². The van der Waals surface area contributed by atoms with Crippen LogP contribution in [0.5, 0.6) is 5.75 Å². The van der Waals surface area contributed by atoms with Gasteiger partial charge >= 0.3 is 0 Å². The topological polar surface area (TPSA) is 41.5 Å². The summed E-state index contributed by atoms with van der Waals surface area (Å²) in [4.78, 5) is 0. The maximum absolute atomic E-state index is 10.4. The lowest BCUT2D eigenvalue weighted by Gasteiger charge is -2.35. The summed E-state index contributed by atoms with van der Waals surface area (Å²) in [6, 6.07) is 8.89. The SMILES string of the molecule is COc1ccccc1[C@@H]1C[C@@H]2CC[C@H](N2)[C@@H]1O. The molecule has 3 heteroatoms. The van der Waals surface area contributed by atoms with E-state index in [4.69, 9.17) is 4.74 Å². The molecule has 17 heavy (non-hydrogen) atoms. The average Bonchev–Trinajstić information content (AvgIpc) is 2.78. The molecule has 0 radical (unpaired) electrons. The van der Waals surface area contributed by atoms with E-state index in [-0.39, 0.29) is 18.1 Å². The number of rotatable bonds is 2. The molecule has 0 saturated carbocycles. The van der Waals surface area contributed by atoms with E-state index in [1.54, 1.807) is 7.11 Å². The van der Waals surface area contributed by atoms with E-state index in [9.17, 15) is 5.11 Å². The molecule has 0 amide bonds. The second kappa shape index (κ2) is 4.31. The van der Waals surface area contributed by atoms with Crippen LogP contribution in [0.1, 0.15) is 30.7 Å². The minimum Gasteiger partial charge on any atom is -0.496 e. The van der Waals surface area contributed by atoms with Gasteiger partial charge in [-0.05, 0) is 30.9 Å². The Hall–Kier alpha value is -1.06. The van der Waals surface area contributed by atoms with E-state index in [0.29, 0.717) is 6.04 Å². The number of ether oxygens (including phenoxy) is 1. The van der Waals surface area contributed by atoms with Gasteiger partial charge in [-0.2, -0.15) is 0 Å². The van der Waals surface area contributed by atoms with Crippen LogP contribution >= 0.6 is 0 Å². The van der Waals surface area contributed by atoms with Crippen LogP contribution < -0.4 is 10.1 Å². The highest BCUT2D eigenvalue weighted by molar-refractivity contribution is 5.38. The highest BCUT2D eigenvalue weighted by atomic mass is 16.5. The number of piperidine rings is 1. The molecule has 3 nitrogen and oxygen atoms in total. The van der Waals surface area contributed by atoms with Crippen LogP contribution in [0, 0.1) is 0 Å². The number of hydrogen-bond donors (Lipinski definition) is 2. The first-order valence-corrected chi connectivity index (χ1v) is 6.36. The van der Waals surface area contributed by atoms with Crippen LogP contribution in [-0.4, -0.2) is 30.4 Å². The molecule has 2 N–H and O–H groups in total. The molecular formula is C14H19NO2. The zero-order valence-electron chi connectivity index (χ0n) is 10.1. The molecule has 0 aliphatic carbocycles. The minimum absolute atomic E-state index is 0.213. The predicted octanol–water partition coefficient (Wildman–Crippen LogP) is 1.66. The molecule has 1 aromatic rings. The van der Waals surface area contributed by atoms with Gasteiger partial charge in [0.15, 0.2) is 0 Å². The lowest BCUT2D eigenvalue weighted by molar-refractivity contribution is 0.0796. The molecule has 2 heterocycles. The lowest BCUT2D eigenvalue weighted by Crippen LogP contribution is -2.47. The monoisotopic (exact) mass is 233 g/mol. The third-order valence-electron chi connectivity index (χ3n) is 4.18. The maximum atomic E-state index is 10.4. The first kappa shape index (κ1) is 11.1. The van der Waals surface area contributed by atoms with Gasteiger partial charge in [-0.1, -0.05) is 18.2 Å². The summed E-state index contributed by atoms with van der Waals surface area (Å²) in [7, 11) is 1.70. The van der Waals surface area contributed by atoms with Gasteiger partial charge in [-0.15, -0.1) is 0 Å². The number of methoxy groups -OCH3 is 1. The summed E-state index contributed by atoms with van der Waals surface area (Å²) >= 11 is 0. The van der Waals surface area contributed by atoms with Crippen LogP contribution in [-0.2, 0) is 0 Å². The Morgan fingerprint density at radius 1 is 1.29 bits per heavy atom. The molecule has 0 aromatic heterocycles. The Bertz CT molecular complexity index is 407. The van der Waals surface area contributed by atoms with E-state index < -0.39 is 0 Å². The summed E-state index contributed by atoms with van der Waals surface area (Å²) in [5.74, 6) is 1.11. The van der Waals surface area contributed by atoms with Crippen LogP contribution in [0.2, 0.25) is 0 Å². The van der Waals surface area contributed by atoms with E-state index in [2.05, 4.69) is 11.4 Å². The number of fused-ring (bicyclic) bond motifs is 2. The van der Waals surface area contributed by atoms with Gasteiger partial charge in [0.2, 0.25) is 0 Å². The van der Waals surface area contributed by atoms with Crippen molar-refractivity contribution in [1.82, 2.24) is 5.32 Å². The summed E-state index contributed by atoms with van der Waals surface area (Å²) in [5, 5.41) is 13.9. The maximum Gasteiger partial charge on any atom is 0.122 e. The Labute approximate surface area is 102 Å². The molecule has 3 rings (SSSR count). The number of benzene rings is 1. The number of aliphatic hydroxyl groups excluding tert-OH is 1. The van der Waals surface area contributed by atoms with E-state index >= 15 is 0 Å². The lowest BCUT2D eigenvalue weighted by atomic mass is 9.83. The van der Waals surface area contributed by atoms with Gasteiger partial charge < -0.3 is 15.2 Å². The number of aliphatic hydroxyl groups is 1. The predicted molar refractivity (Wildman–Crippen MR) is 66.3 cm³/mol. The Kier molecular flexibility index (Phi) is 2.81. The van der Waals surface area contributed by atoms with Crippen LogP contribution in [0.15, 0.2) is 24.3 Å². The largest absolute Gasteiger partial charge is 0.496 e. The second-order valence-electron chi connectivity index (χ2n) is 5.12. The highest BCUT2D eigenvalue weighted by Gasteiger charge is 2.41. The molecule has 2 aliphatic rings. The van der Waals surface area contributed by atoms with Crippen molar-refractivity contribution in [2.75, 3.05) is 7.11 Å². The quantitative estimate of drug-likeness (QED) is 0.816. The molecule has 2 aliphatic heterocycles. The standard InChI is InChI=1S/C14H19NO2/c1-17-13-5-3-2-4-10(13)11-8-9-6-7-12(15-9)14(11)16/h2-5,9,11-12,14-16H,6-8H2,1H3/t9-,11-,12-,14+/m0/s1. The fraction of sp³-hybridized carbons (Fsp3) is 0.571. The molecule has 0 spiro atoms. The fourth-order valence-corrected chi connectivity index (χ4v) is 3.32. The van der Waals surface area contributed by atoms with Crippen LogP contribution in [0.3, 0.4) is 0 Å². The molecule has 92 valence electrons. The van der Waals surface area contributed by atoms with E-state index in [1.165, 1.54) is 6.42 Å². The zero-order valence-corrected chi connectivity index (χ0v) is 10.1. The van der Waals surface area contributed by atoms with Crippen molar-refractivity contribution in [1.29, 1.82) is 0 Å². The van der Waals surface area contributed by atoms with Crippen molar-refractivity contribution in [3.8, 4) is 5.75 Å². The van der Waals surface area contributed by atoms with E-state index in [1.807, 2.05) is 18.2 Å². The van der Waals surface area contributed by atoms with Gasteiger partial charge in [0.25, 0.3) is 0 Å². The Morgan fingerprint density at radius 2 is 2.12 bits per heavy atom. The van der Waals surface area contributed by atoms with Gasteiger partial charge in [-0.3, -0.25) is 0 Å². The summed E-state index contributed by atoms with van der Waals surface area (Å²) < 4.78 is 5.41. The third-order valence-corrected chi connectivity index (χ3v) is 4.18. The molecule has 2 bridgehead atoms. The molecular weight excluding hydrogens is 214 g/mol. The summed E-state index contributed by atoms with van der Waals surface area (Å²) in [5.41, 5.74) is 1.15. The van der Waals surface area contributed by atoms with Crippen molar-refractivity contribution in [3.05, 3.63) is 29.8 Å². The number of nitrogens with one attached hydrogen (secondary N) is 1. The number of hydrogen-bond acceptors (Lipinski definition) is 3. The molecule has 2 saturated heterocycles. The summed E-state index contributed by atoms with van der Waals surface area (Å²) in [6.07, 6.45) is 3.01. The first-order valence-electron chi connectivity index (χ1n) is 6.36. The Morgan fingerprint density at radius 3 is 2.94 bits per heavy atom. The number of para-hydroxylation sites is 1. The third kappa shape index (κ3) is 1.83. The molecule has 0 unspecified atom stereocenters. The first-order chi connectivity index (χ1) is 8.29. The Balaban J connectivity index is 1.93. The van der Waals surface area contributed by atoms with Crippen molar-refractivity contribution in [3.63, 3.8) is 0 Å². The van der Waals surface area contributed by atoms with Crippen molar-refractivity contribution >= 4 is 0 Å². The van der Waals surface area contributed by atoms with Gasteiger partial charge in [0.05, 0.1) is 13.2 Å². The van der Waals surface area contributed by atoms with Crippen LogP contribution in [0.4, 0.5) is 0 Å². The smallest absolute Gasteiger partial charge is 0.122 e. The molecule has 4 atom stereocenters. The van der Waals surface area contributed by atoms with Crippen molar-refractivity contribution < 1.29 is 9.84 Å². The average molecular weight is 233 g/mol. The zero-order chi connectivity index (χ0) is 11.8.